The molecule has 0 radical (unpaired) electrons. The van der Waals surface area contributed by atoms with Crippen LogP contribution < -0.4 is 10.2 Å². The van der Waals surface area contributed by atoms with Gasteiger partial charge in [-0.05, 0) is 41.0 Å². The predicted molar refractivity (Wildman–Crippen MR) is 112 cm³/mol. The summed E-state index contributed by atoms with van der Waals surface area (Å²) in [5, 5.41) is 22.1. The van der Waals surface area contributed by atoms with Gasteiger partial charge in [-0.15, -0.1) is 0 Å². The van der Waals surface area contributed by atoms with Crippen LogP contribution >= 0.6 is 0 Å². The maximum absolute atomic E-state index is 12.2. The van der Waals surface area contributed by atoms with Crippen LogP contribution in [0.3, 0.4) is 0 Å². The number of hydrazone groups is 1. The van der Waals surface area contributed by atoms with Gasteiger partial charge in [-0.3, -0.25) is 4.79 Å². The molecular formula is C24H18N4O2. The van der Waals surface area contributed by atoms with E-state index in [9.17, 15) is 10.1 Å². The Morgan fingerprint density at radius 2 is 1.80 bits per heavy atom. The van der Waals surface area contributed by atoms with Crippen LogP contribution in [0.25, 0.3) is 0 Å². The van der Waals surface area contributed by atoms with Crippen LogP contribution in [0.15, 0.2) is 84.0 Å². The van der Waals surface area contributed by atoms with Gasteiger partial charge in [0.25, 0.3) is 5.91 Å². The molecule has 3 rings (SSSR count). The zero-order chi connectivity index (χ0) is 21.2. The van der Waals surface area contributed by atoms with E-state index < -0.39 is 11.8 Å². The highest BCUT2D eigenvalue weighted by Gasteiger charge is 2.19. The minimum Gasteiger partial charge on any atom is -0.489 e. The third-order valence-electron chi connectivity index (χ3n) is 4.26. The van der Waals surface area contributed by atoms with E-state index in [4.69, 9.17) is 10.00 Å². The van der Waals surface area contributed by atoms with Gasteiger partial charge in [0.2, 0.25) is 0 Å². The summed E-state index contributed by atoms with van der Waals surface area (Å²) >= 11 is 0. The highest BCUT2D eigenvalue weighted by atomic mass is 16.5. The first kappa shape index (κ1) is 20.3. The Labute approximate surface area is 174 Å². The van der Waals surface area contributed by atoms with Crippen molar-refractivity contribution in [2.24, 2.45) is 5.10 Å². The van der Waals surface area contributed by atoms with Crippen molar-refractivity contribution in [3.63, 3.8) is 0 Å². The Balaban J connectivity index is 1.57. The topological polar surface area (TPSA) is 98.3 Å². The second kappa shape index (κ2) is 10.2. The van der Waals surface area contributed by atoms with Gasteiger partial charge in [0.05, 0.1) is 23.9 Å². The number of hydrogen-bond donors (Lipinski definition) is 1. The Kier molecular flexibility index (Phi) is 6.92. The summed E-state index contributed by atoms with van der Waals surface area (Å²) in [5.74, 6) is -0.771. The maximum atomic E-state index is 12.2. The molecule has 0 bridgehead atoms. The van der Waals surface area contributed by atoms with Crippen LogP contribution in [0, 0.1) is 22.7 Å². The largest absolute Gasteiger partial charge is 0.489 e. The molecule has 0 aliphatic carbocycles. The van der Waals surface area contributed by atoms with E-state index in [1.165, 1.54) is 6.21 Å². The second-order valence-corrected chi connectivity index (χ2v) is 6.38. The Morgan fingerprint density at radius 1 is 1.03 bits per heavy atom. The molecule has 0 spiro atoms. The predicted octanol–water partition coefficient (Wildman–Crippen LogP) is 3.89. The Bertz CT molecular complexity index is 1110. The van der Waals surface area contributed by atoms with Crippen molar-refractivity contribution in [2.45, 2.75) is 12.5 Å². The van der Waals surface area contributed by atoms with Crippen LogP contribution in [-0.2, 0) is 11.4 Å². The average Bonchev–Trinajstić information content (AvgIpc) is 2.79. The number of nitriles is 2. The number of benzene rings is 3. The molecule has 6 heteroatoms. The standard InChI is InChI=1S/C24H18N4O2/c25-14-18-9-11-19(12-10-18)17-30-22-8-4-5-20(13-22)16-27-28-24(29)23(15-26)21-6-2-1-3-7-21/h1-13,16,23H,17H2,(H,28,29)/b27-16-/t23-/m1/s1. The monoisotopic (exact) mass is 394 g/mol. The molecule has 146 valence electrons. The van der Waals surface area contributed by atoms with E-state index in [2.05, 4.69) is 16.6 Å². The minimum atomic E-state index is -0.926. The van der Waals surface area contributed by atoms with Gasteiger partial charge in [-0.1, -0.05) is 54.6 Å². The van der Waals surface area contributed by atoms with E-state index >= 15 is 0 Å². The summed E-state index contributed by atoms with van der Waals surface area (Å²) in [7, 11) is 0. The molecule has 0 fully saturated rings. The molecule has 0 unspecified atom stereocenters. The number of nitrogens with one attached hydrogen (secondary N) is 1. The van der Waals surface area contributed by atoms with E-state index in [0.717, 1.165) is 11.1 Å². The van der Waals surface area contributed by atoms with Crippen LogP contribution in [0.4, 0.5) is 0 Å². The Morgan fingerprint density at radius 3 is 2.50 bits per heavy atom. The lowest BCUT2D eigenvalue weighted by atomic mass is 10.0. The van der Waals surface area contributed by atoms with Gasteiger partial charge in [0.15, 0.2) is 5.92 Å². The lowest BCUT2D eigenvalue weighted by molar-refractivity contribution is -0.121. The van der Waals surface area contributed by atoms with Crippen molar-refractivity contribution >= 4 is 12.1 Å². The fourth-order valence-corrected chi connectivity index (χ4v) is 2.69. The van der Waals surface area contributed by atoms with Crippen molar-refractivity contribution in [1.29, 1.82) is 10.5 Å². The lowest BCUT2D eigenvalue weighted by Gasteiger charge is -2.08. The molecular weight excluding hydrogens is 376 g/mol. The van der Waals surface area contributed by atoms with Gasteiger partial charge in [0, 0.05) is 0 Å². The molecule has 6 nitrogen and oxygen atoms in total. The van der Waals surface area contributed by atoms with Gasteiger partial charge in [-0.2, -0.15) is 15.6 Å². The van der Waals surface area contributed by atoms with Crippen LogP contribution in [0.5, 0.6) is 5.75 Å². The van der Waals surface area contributed by atoms with E-state index in [1.807, 2.05) is 42.5 Å². The molecule has 0 aliphatic heterocycles. The van der Waals surface area contributed by atoms with Crippen LogP contribution in [0.2, 0.25) is 0 Å². The summed E-state index contributed by atoms with van der Waals surface area (Å²) in [6, 6.07) is 27.3. The summed E-state index contributed by atoms with van der Waals surface area (Å²) in [4.78, 5) is 12.2. The fraction of sp³-hybridized carbons (Fsp3) is 0.0833. The highest BCUT2D eigenvalue weighted by molar-refractivity contribution is 5.88. The summed E-state index contributed by atoms with van der Waals surface area (Å²) in [6.07, 6.45) is 1.49. The van der Waals surface area contributed by atoms with Crippen molar-refractivity contribution in [1.82, 2.24) is 5.43 Å². The number of carbonyl (C=O) groups is 1. The molecule has 0 aromatic heterocycles. The average molecular weight is 394 g/mol. The highest BCUT2D eigenvalue weighted by Crippen LogP contribution is 2.16. The number of nitrogens with zero attached hydrogens (tertiary/aromatic N) is 3. The molecule has 0 saturated heterocycles. The molecule has 1 atom stereocenters. The van der Waals surface area contributed by atoms with Gasteiger partial charge in [0.1, 0.15) is 12.4 Å². The van der Waals surface area contributed by atoms with Gasteiger partial charge < -0.3 is 4.74 Å². The third kappa shape index (κ3) is 5.54. The molecule has 30 heavy (non-hydrogen) atoms. The first-order valence-corrected chi connectivity index (χ1v) is 9.19. The number of carbonyl (C=O) groups excluding carboxylic acids is 1. The van der Waals surface area contributed by atoms with Gasteiger partial charge >= 0.3 is 0 Å². The summed E-state index contributed by atoms with van der Waals surface area (Å²) < 4.78 is 5.77. The normalized spacial score (nSPS) is 11.3. The summed E-state index contributed by atoms with van der Waals surface area (Å²) in [6.45, 7) is 0.365. The molecule has 3 aromatic rings. The quantitative estimate of drug-likeness (QED) is 0.485. The number of amides is 1. The van der Waals surface area contributed by atoms with E-state index in [-0.39, 0.29) is 0 Å². The Hall–Kier alpha value is -4.42. The van der Waals surface area contributed by atoms with Crippen molar-refractivity contribution in [3.8, 4) is 17.9 Å². The van der Waals surface area contributed by atoms with Crippen LogP contribution in [-0.4, -0.2) is 12.1 Å². The van der Waals surface area contributed by atoms with Crippen molar-refractivity contribution in [2.75, 3.05) is 0 Å². The molecule has 0 aliphatic rings. The molecule has 1 N–H and O–H groups in total. The number of rotatable bonds is 7. The number of hydrogen-bond acceptors (Lipinski definition) is 5. The van der Waals surface area contributed by atoms with Crippen molar-refractivity contribution < 1.29 is 9.53 Å². The smallest absolute Gasteiger partial charge is 0.261 e. The zero-order valence-corrected chi connectivity index (χ0v) is 16.0. The SMILES string of the molecule is N#Cc1ccc(COc2cccc(/C=N\NC(=O)[C@H](C#N)c3ccccc3)c2)cc1. The van der Waals surface area contributed by atoms with Gasteiger partial charge in [-0.25, -0.2) is 5.43 Å². The minimum absolute atomic E-state index is 0.365. The molecule has 3 aromatic carbocycles. The third-order valence-corrected chi connectivity index (χ3v) is 4.26. The first-order valence-electron chi connectivity index (χ1n) is 9.19. The maximum Gasteiger partial charge on any atom is 0.261 e. The lowest BCUT2D eigenvalue weighted by Crippen LogP contribution is -2.24. The second-order valence-electron chi connectivity index (χ2n) is 6.38. The van der Waals surface area contributed by atoms with E-state index in [0.29, 0.717) is 23.5 Å². The fourth-order valence-electron chi connectivity index (χ4n) is 2.69. The molecule has 0 heterocycles. The van der Waals surface area contributed by atoms with E-state index in [1.54, 1.807) is 42.5 Å². The first-order chi connectivity index (χ1) is 14.7. The summed E-state index contributed by atoms with van der Waals surface area (Å²) in [5.41, 5.74) is 5.31. The number of ether oxygens (including phenoxy) is 1. The molecule has 1 amide bonds. The van der Waals surface area contributed by atoms with Crippen molar-refractivity contribution in [3.05, 3.63) is 101 Å². The zero-order valence-electron chi connectivity index (χ0n) is 16.0. The molecule has 0 saturated carbocycles. The van der Waals surface area contributed by atoms with Crippen LogP contribution in [0.1, 0.15) is 28.2 Å².